The van der Waals surface area contributed by atoms with Crippen LogP contribution in [0.2, 0.25) is 0 Å². The molecule has 1 N–H and O–H groups in total. The van der Waals surface area contributed by atoms with Crippen LogP contribution >= 0.6 is 0 Å². The maximum atomic E-state index is 12.1. The van der Waals surface area contributed by atoms with Gasteiger partial charge in [-0.25, -0.2) is 9.98 Å². The number of nitrogens with one attached hydrogen (secondary N) is 1. The molecule has 0 saturated carbocycles. The van der Waals surface area contributed by atoms with Crippen LogP contribution in [0.15, 0.2) is 70.2 Å². The zero-order chi connectivity index (χ0) is 19.4. The first-order chi connectivity index (χ1) is 13.1. The van der Waals surface area contributed by atoms with Gasteiger partial charge in [-0.05, 0) is 55.6 Å². The Bertz CT molecular complexity index is 942. The van der Waals surface area contributed by atoms with Crippen molar-refractivity contribution in [1.82, 2.24) is 0 Å². The van der Waals surface area contributed by atoms with Gasteiger partial charge >= 0.3 is 0 Å². The lowest BCUT2D eigenvalue weighted by molar-refractivity contribution is -0.354. The Kier molecular flexibility index (Phi) is 5.21. The van der Waals surface area contributed by atoms with E-state index in [4.69, 9.17) is 19.6 Å². The number of hydrogen-bond acceptors (Lipinski definition) is 7. The molecule has 27 heavy (non-hydrogen) atoms. The molecule has 0 fully saturated rings. The van der Waals surface area contributed by atoms with Crippen molar-refractivity contribution < 1.29 is 19.3 Å². The van der Waals surface area contributed by atoms with Crippen molar-refractivity contribution >= 4 is 17.3 Å². The summed E-state index contributed by atoms with van der Waals surface area (Å²) in [6.07, 6.45) is 0. The SMILES string of the molecule is COC([O-])=C1N=C(c2ccc(OC)cc2)N=C(c2ccc(OC)cc2)C1=N. The van der Waals surface area contributed by atoms with Gasteiger partial charge in [-0.1, -0.05) is 0 Å². The van der Waals surface area contributed by atoms with E-state index in [0.29, 0.717) is 34.2 Å². The van der Waals surface area contributed by atoms with Crippen molar-refractivity contribution in [2.24, 2.45) is 9.98 Å². The molecule has 0 aliphatic carbocycles. The van der Waals surface area contributed by atoms with E-state index in [1.165, 1.54) is 7.11 Å². The summed E-state index contributed by atoms with van der Waals surface area (Å²) in [5, 5.41) is 20.5. The van der Waals surface area contributed by atoms with Gasteiger partial charge in [-0.2, -0.15) is 0 Å². The normalized spacial score (nSPS) is 15.6. The number of methoxy groups -OCH3 is 3. The number of aliphatic imine (C=N–C) groups is 2. The van der Waals surface area contributed by atoms with Gasteiger partial charge in [-0.3, -0.25) is 5.41 Å². The summed E-state index contributed by atoms with van der Waals surface area (Å²) in [5.41, 5.74) is 1.51. The lowest BCUT2D eigenvalue weighted by Gasteiger charge is -2.20. The van der Waals surface area contributed by atoms with Crippen molar-refractivity contribution in [3.05, 3.63) is 71.3 Å². The van der Waals surface area contributed by atoms with E-state index in [-0.39, 0.29) is 11.4 Å². The van der Waals surface area contributed by atoms with E-state index in [2.05, 4.69) is 9.98 Å². The molecule has 0 spiro atoms. The molecule has 1 aliphatic heterocycles. The fraction of sp³-hybridized carbons (Fsp3) is 0.150. The molecule has 2 aromatic rings. The monoisotopic (exact) mass is 364 g/mol. The summed E-state index contributed by atoms with van der Waals surface area (Å²) >= 11 is 0. The van der Waals surface area contributed by atoms with E-state index < -0.39 is 5.95 Å². The first-order valence-electron chi connectivity index (χ1n) is 8.08. The summed E-state index contributed by atoms with van der Waals surface area (Å²) < 4.78 is 15.1. The molecular weight excluding hydrogens is 346 g/mol. The van der Waals surface area contributed by atoms with Crippen molar-refractivity contribution in [3.8, 4) is 11.5 Å². The van der Waals surface area contributed by atoms with Gasteiger partial charge in [0.25, 0.3) is 0 Å². The molecule has 1 heterocycles. The number of hydrogen-bond donors (Lipinski definition) is 1. The quantitative estimate of drug-likeness (QED) is 0.822. The Morgan fingerprint density at radius 3 is 1.81 bits per heavy atom. The van der Waals surface area contributed by atoms with Crippen LogP contribution in [0.1, 0.15) is 11.1 Å². The van der Waals surface area contributed by atoms with E-state index in [1.807, 2.05) is 0 Å². The third-order valence-electron chi connectivity index (χ3n) is 4.00. The van der Waals surface area contributed by atoms with Crippen LogP contribution in [-0.2, 0) is 4.74 Å². The second-order valence-electron chi connectivity index (χ2n) is 5.57. The first kappa shape index (κ1) is 18.2. The summed E-state index contributed by atoms with van der Waals surface area (Å²) in [6.45, 7) is 0. The Morgan fingerprint density at radius 1 is 0.815 bits per heavy atom. The molecule has 138 valence electrons. The van der Waals surface area contributed by atoms with Gasteiger partial charge in [-0.15, -0.1) is 0 Å². The van der Waals surface area contributed by atoms with Gasteiger partial charge in [0.2, 0.25) is 0 Å². The van der Waals surface area contributed by atoms with Gasteiger partial charge in [0.05, 0.1) is 25.9 Å². The molecule has 7 heteroatoms. The molecule has 0 amide bonds. The molecule has 0 aromatic heterocycles. The second-order valence-corrected chi connectivity index (χ2v) is 5.57. The molecule has 0 atom stereocenters. The predicted molar refractivity (Wildman–Crippen MR) is 101 cm³/mol. The largest absolute Gasteiger partial charge is 0.615 e. The fourth-order valence-corrected chi connectivity index (χ4v) is 2.53. The molecule has 0 unspecified atom stereocenters. The van der Waals surface area contributed by atoms with Crippen LogP contribution in [0.4, 0.5) is 0 Å². The molecule has 1 aliphatic rings. The smallest absolute Gasteiger partial charge is 0.160 e. The highest BCUT2D eigenvalue weighted by molar-refractivity contribution is 6.55. The van der Waals surface area contributed by atoms with Gasteiger partial charge in [0, 0.05) is 11.1 Å². The van der Waals surface area contributed by atoms with Crippen LogP contribution < -0.4 is 14.6 Å². The molecular formula is C20H18N3O4-. The number of benzene rings is 2. The molecule has 0 bridgehead atoms. The topological polar surface area (TPSA) is 99.3 Å². The van der Waals surface area contributed by atoms with Crippen LogP contribution in [0.3, 0.4) is 0 Å². The highest BCUT2D eigenvalue weighted by Gasteiger charge is 2.23. The number of nitrogens with zero attached hydrogens (tertiary/aromatic N) is 2. The Morgan fingerprint density at radius 2 is 1.33 bits per heavy atom. The highest BCUT2D eigenvalue weighted by atomic mass is 16.6. The third kappa shape index (κ3) is 3.67. The second kappa shape index (κ2) is 7.74. The van der Waals surface area contributed by atoms with Crippen molar-refractivity contribution in [3.63, 3.8) is 0 Å². The number of allylic oxidation sites excluding steroid dienone is 1. The Labute approximate surface area is 156 Å². The van der Waals surface area contributed by atoms with Gasteiger partial charge in [0.1, 0.15) is 22.9 Å². The highest BCUT2D eigenvalue weighted by Crippen LogP contribution is 2.22. The average molecular weight is 364 g/mol. The molecule has 3 rings (SSSR count). The first-order valence-corrected chi connectivity index (χ1v) is 8.08. The number of ether oxygens (including phenoxy) is 3. The zero-order valence-electron chi connectivity index (χ0n) is 15.1. The van der Waals surface area contributed by atoms with Crippen LogP contribution in [-0.4, -0.2) is 38.6 Å². The summed E-state index contributed by atoms with van der Waals surface area (Å²) in [6, 6.07) is 14.2. The number of rotatable bonds is 5. The van der Waals surface area contributed by atoms with Crippen molar-refractivity contribution in [2.75, 3.05) is 21.3 Å². The predicted octanol–water partition coefficient (Wildman–Crippen LogP) is 2.15. The van der Waals surface area contributed by atoms with Gasteiger partial charge < -0.3 is 19.3 Å². The minimum atomic E-state index is -0.688. The maximum absolute atomic E-state index is 12.1. The third-order valence-corrected chi connectivity index (χ3v) is 4.00. The van der Waals surface area contributed by atoms with Crippen molar-refractivity contribution in [1.29, 1.82) is 5.41 Å². The van der Waals surface area contributed by atoms with Crippen LogP contribution in [0.25, 0.3) is 0 Å². The van der Waals surface area contributed by atoms with E-state index >= 15 is 0 Å². The Hall–Kier alpha value is -3.61. The molecule has 0 saturated heterocycles. The standard InChI is InChI=1S/C20H19N3O4/c1-25-14-8-4-12(5-9-14)17-16(21)18(20(24)27-3)23-19(22-17)13-6-10-15(26-2)11-7-13/h4-11,21,24H,1-3H3/p-1. The molecule has 7 nitrogen and oxygen atoms in total. The Balaban J connectivity index is 2.11. The van der Waals surface area contributed by atoms with E-state index in [9.17, 15) is 5.11 Å². The van der Waals surface area contributed by atoms with Crippen LogP contribution in [0, 0.1) is 5.41 Å². The lowest BCUT2D eigenvalue weighted by Crippen LogP contribution is -2.27. The zero-order valence-corrected chi connectivity index (χ0v) is 15.1. The van der Waals surface area contributed by atoms with Crippen LogP contribution in [0.5, 0.6) is 11.5 Å². The van der Waals surface area contributed by atoms with E-state index in [0.717, 1.165) is 0 Å². The maximum Gasteiger partial charge on any atom is 0.160 e. The number of amidine groups is 1. The molecule has 0 radical (unpaired) electrons. The van der Waals surface area contributed by atoms with Gasteiger partial charge in [0.15, 0.2) is 5.84 Å². The minimum Gasteiger partial charge on any atom is -0.615 e. The average Bonchev–Trinajstić information content (AvgIpc) is 2.73. The van der Waals surface area contributed by atoms with Crippen molar-refractivity contribution in [2.45, 2.75) is 0 Å². The lowest BCUT2D eigenvalue weighted by atomic mass is 10.0. The summed E-state index contributed by atoms with van der Waals surface area (Å²) in [4.78, 5) is 8.76. The molecule has 2 aromatic carbocycles. The fourth-order valence-electron chi connectivity index (χ4n) is 2.53. The minimum absolute atomic E-state index is 0.0933. The van der Waals surface area contributed by atoms with E-state index in [1.54, 1.807) is 62.8 Å². The summed E-state index contributed by atoms with van der Waals surface area (Å²) in [7, 11) is 4.41. The summed E-state index contributed by atoms with van der Waals surface area (Å²) in [5.74, 6) is 1.01.